The Bertz CT molecular complexity index is 144. The summed E-state index contributed by atoms with van der Waals surface area (Å²) in [6, 6.07) is 0. The monoisotopic (exact) mass is 168 g/mol. The molecule has 0 aliphatic heterocycles. The molecule has 12 heavy (non-hydrogen) atoms. The maximum atomic E-state index is 2.45. The standard InChI is InChI=1S/C12H24/c1-9(2)11-8-10(3)6-7-12(11,4)5/h9-11H,6-8H2,1-5H3. The van der Waals surface area contributed by atoms with Gasteiger partial charge in [-0.15, -0.1) is 0 Å². The summed E-state index contributed by atoms with van der Waals surface area (Å²) in [5.41, 5.74) is 0.598. The summed E-state index contributed by atoms with van der Waals surface area (Å²) in [6.45, 7) is 12.1. The van der Waals surface area contributed by atoms with Crippen LogP contribution in [-0.2, 0) is 0 Å². The van der Waals surface area contributed by atoms with Crippen LogP contribution in [0.25, 0.3) is 0 Å². The predicted molar refractivity (Wildman–Crippen MR) is 55.1 cm³/mol. The van der Waals surface area contributed by atoms with E-state index in [4.69, 9.17) is 0 Å². The molecule has 0 heteroatoms. The fourth-order valence-corrected chi connectivity index (χ4v) is 2.85. The van der Waals surface area contributed by atoms with Crippen molar-refractivity contribution in [2.24, 2.45) is 23.2 Å². The molecule has 0 aromatic rings. The summed E-state index contributed by atoms with van der Waals surface area (Å²) in [7, 11) is 0. The predicted octanol–water partition coefficient (Wildman–Crippen LogP) is 4.10. The van der Waals surface area contributed by atoms with Gasteiger partial charge in [0.05, 0.1) is 0 Å². The molecule has 2 unspecified atom stereocenters. The van der Waals surface area contributed by atoms with Crippen molar-refractivity contribution in [2.75, 3.05) is 0 Å². The van der Waals surface area contributed by atoms with Crippen molar-refractivity contribution < 1.29 is 0 Å². The summed E-state index contributed by atoms with van der Waals surface area (Å²) in [5.74, 6) is 2.77. The van der Waals surface area contributed by atoms with Crippen LogP contribution in [0.1, 0.15) is 53.9 Å². The Hall–Kier alpha value is 0. The molecule has 0 heterocycles. The van der Waals surface area contributed by atoms with Crippen molar-refractivity contribution in [3.63, 3.8) is 0 Å². The normalized spacial score (nSPS) is 35.5. The first-order valence-electron chi connectivity index (χ1n) is 5.43. The third kappa shape index (κ3) is 2.02. The summed E-state index contributed by atoms with van der Waals surface area (Å²) >= 11 is 0. The van der Waals surface area contributed by atoms with E-state index in [1.807, 2.05) is 0 Å². The molecular weight excluding hydrogens is 144 g/mol. The zero-order chi connectivity index (χ0) is 9.35. The van der Waals surface area contributed by atoms with Crippen LogP contribution in [-0.4, -0.2) is 0 Å². The number of hydrogen-bond donors (Lipinski definition) is 0. The van der Waals surface area contributed by atoms with E-state index >= 15 is 0 Å². The number of hydrogen-bond acceptors (Lipinski definition) is 0. The lowest BCUT2D eigenvalue weighted by molar-refractivity contribution is 0.0679. The van der Waals surface area contributed by atoms with Crippen molar-refractivity contribution in [3.05, 3.63) is 0 Å². The average molecular weight is 168 g/mol. The smallest absolute Gasteiger partial charge is 0.0323 e. The maximum absolute atomic E-state index is 2.45. The molecular formula is C12H24. The molecule has 1 aliphatic carbocycles. The minimum Gasteiger partial charge on any atom is -0.0625 e. The molecule has 0 radical (unpaired) electrons. The van der Waals surface area contributed by atoms with Gasteiger partial charge in [0.2, 0.25) is 0 Å². The van der Waals surface area contributed by atoms with Gasteiger partial charge in [0, 0.05) is 0 Å². The fourth-order valence-electron chi connectivity index (χ4n) is 2.85. The highest BCUT2D eigenvalue weighted by Gasteiger charge is 2.36. The van der Waals surface area contributed by atoms with Crippen molar-refractivity contribution in [3.8, 4) is 0 Å². The van der Waals surface area contributed by atoms with E-state index in [1.54, 1.807) is 0 Å². The second-order valence-corrected chi connectivity index (χ2v) is 5.72. The largest absolute Gasteiger partial charge is 0.0625 e. The molecule has 1 rings (SSSR count). The van der Waals surface area contributed by atoms with E-state index in [0.717, 1.165) is 17.8 Å². The van der Waals surface area contributed by atoms with E-state index in [-0.39, 0.29) is 0 Å². The molecule has 2 atom stereocenters. The van der Waals surface area contributed by atoms with Crippen LogP contribution in [0.3, 0.4) is 0 Å². The zero-order valence-corrected chi connectivity index (χ0v) is 9.35. The lowest BCUT2D eigenvalue weighted by atomic mass is 9.62. The molecule has 0 bridgehead atoms. The van der Waals surface area contributed by atoms with E-state index in [0.29, 0.717) is 5.41 Å². The van der Waals surface area contributed by atoms with Crippen molar-refractivity contribution in [2.45, 2.75) is 53.9 Å². The van der Waals surface area contributed by atoms with Gasteiger partial charge in [0.25, 0.3) is 0 Å². The minimum absolute atomic E-state index is 0.598. The summed E-state index contributed by atoms with van der Waals surface area (Å²) in [5, 5.41) is 0. The fraction of sp³-hybridized carbons (Fsp3) is 1.00. The molecule has 0 aromatic carbocycles. The molecule has 1 aliphatic rings. The van der Waals surface area contributed by atoms with Crippen LogP contribution >= 0.6 is 0 Å². The van der Waals surface area contributed by atoms with Gasteiger partial charge in [-0.2, -0.15) is 0 Å². The van der Waals surface area contributed by atoms with Crippen LogP contribution in [0, 0.1) is 23.2 Å². The van der Waals surface area contributed by atoms with Gasteiger partial charge < -0.3 is 0 Å². The lowest BCUT2D eigenvalue weighted by Crippen LogP contribution is -2.34. The third-order valence-electron chi connectivity index (χ3n) is 3.75. The van der Waals surface area contributed by atoms with Gasteiger partial charge in [-0.1, -0.05) is 41.0 Å². The second-order valence-electron chi connectivity index (χ2n) is 5.72. The van der Waals surface area contributed by atoms with Crippen molar-refractivity contribution in [1.82, 2.24) is 0 Å². The Morgan fingerprint density at radius 2 is 1.83 bits per heavy atom. The summed E-state index contributed by atoms with van der Waals surface area (Å²) in [4.78, 5) is 0. The lowest BCUT2D eigenvalue weighted by Gasteiger charge is -2.43. The van der Waals surface area contributed by atoms with E-state index in [9.17, 15) is 0 Å². The maximum Gasteiger partial charge on any atom is -0.0323 e. The van der Waals surface area contributed by atoms with Gasteiger partial charge in [0.1, 0.15) is 0 Å². The highest BCUT2D eigenvalue weighted by Crippen LogP contribution is 2.46. The summed E-state index contributed by atoms with van der Waals surface area (Å²) in [6.07, 6.45) is 4.32. The van der Waals surface area contributed by atoms with Gasteiger partial charge in [-0.05, 0) is 36.0 Å². The van der Waals surface area contributed by atoms with Crippen LogP contribution in [0.2, 0.25) is 0 Å². The van der Waals surface area contributed by atoms with Crippen molar-refractivity contribution in [1.29, 1.82) is 0 Å². The Morgan fingerprint density at radius 3 is 2.25 bits per heavy atom. The molecule has 1 saturated carbocycles. The van der Waals surface area contributed by atoms with Crippen molar-refractivity contribution >= 4 is 0 Å². The molecule has 0 nitrogen and oxygen atoms in total. The Kier molecular flexibility index (Phi) is 2.85. The van der Waals surface area contributed by atoms with Crippen LogP contribution in [0.15, 0.2) is 0 Å². The molecule has 0 amide bonds. The quantitative estimate of drug-likeness (QED) is 0.553. The number of rotatable bonds is 1. The van der Waals surface area contributed by atoms with Crippen LogP contribution in [0.4, 0.5) is 0 Å². The van der Waals surface area contributed by atoms with Gasteiger partial charge in [-0.3, -0.25) is 0 Å². The Balaban J connectivity index is 2.65. The van der Waals surface area contributed by atoms with Gasteiger partial charge >= 0.3 is 0 Å². The first kappa shape index (κ1) is 10.1. The molecule has 0 N–H and O–H groups in total. The minimum atomic E-state index is 0.598. The molecule has 1 fully saturated rings. The molecule has 72 valence electrons. The Labute approximate surface area is 77.7 Å². The molecule has 0 spiro atoms. The second kappa shape index (κ2) is 3.40. The van der Waals surface area contributed by atoms with Crippen LogP contribution in [0.5, 0.6) is 0 Å². The van der Waals surface area contributed by atoms with E-state index in [1.165, 1.54) is 19.3 Å². The first-order chi connectivity index (χ1) is 5.43. The third-order valence-corrected chi connectivity index (χ3v) is 3.75. The highest BCUT2D eigenvalue weighted by atomic mass is 14.4. The highest BCUT2D eigenvalue weighted by molar-refractivity contribution is 4.86. The van der Waals surface area contributed by atoms with E-state index < -0.39 is 0 Å². The van der Waals surface area contributed by atoms with E-state index in [2.05, 4.69) is 34.6 Å². The first-order valence-corrected chi connectivity index (χ1v) is 5.43. The SMILES string of the molecule is CC1CCC(C)(C)C(C(C)C)C1. The molecule has 0 aromatic heterocycles. The summed E-state index contributed by atoms with van der Waals surface area (Å²) < 4.78 is 0. The molecule has 0 saturated heterocycles. The average Bonchev–Trinajstić information content (AvgIpc) is 1.94. The van der Waals surface area contributed by atoms with Crippen LogP contribution < -0.4 is 0 Å². The zero-order valence-electron chi connectivity index (χ0n) is 9.35. The van der Waals surface area contributed by atoms with Gasteiger partial charge in [0.15, 0.2) is 0 Å². The topological polar surface area (TPSA) is 0 Å². The van der Waals surface area contributed by atoms with Gasteiger partial charge in [-0.25, -0.2) is 0 Å². The Morgan fingerprint density at radius 1 is 1.25 bits per heavy atom.